The van der Waals surface area contributed by atoms with Crippen LogP contribution < -0.4 is 0 Å². The van der Waals surface area contributed by atoms with Crippen LogP contribution in [0.25, 0.3) is 0 Å². The van der Waals surface area contributed by atoms with Crippen molar-refractivity contribution in [2.45, 2.75) is 18.9 Å². The lowest BCUT2D eigenvalue weighted by Crippen LogP contribution is -1.82. The fraction of sp³-hybridized carbons (Fsp3) is 0.286. The molecule has 0 fully saturated rings. The van der Waals surface area contributed by atoms with Gasteiger partial charge in [-0.15, -0.1) is 0 Å². The van der Waals surface area contributed by atoms with Gasteiger partial charge in [0.1, 0.15) is 5.03 Å². The summed E-state index contributed by atoms with van der Waals surface area (Å²) in [6, 6.07) is 3.90. The normalized spacial score (nSPS) is 9.56. The van der Waals surface area contributed by atoms with Gasteiger partial charge in [0, 0.05) is 5.69 Å². The second kappa shape index (κ2) is 2.31. The molecule has 1 heterocycles. The largest absolute Gasteiger partial charge is 0.242 e. The van der Waals surface area contributed by atoms with Crippen molar-refractivity contribution in [1.29, 1.82) is 0 Å². The van der Waals surface area contributed by atoms with Gasteiger partial charge in [0.2, 0.25) is 0 Å². The highest BCUT2D eigenvalue weighted by Gasteiger charge is 1.90. The van der Waals surface area contributed by atoms with Crippen molar-refractivity contribution >= 4 is 12.6 Å². The van der Waals surface area contributed by atoms with Crippen LogP contribution in [0.2, 0.25) is 0 Å². The minimum atomic E-state index is 0.688. The zero-order valence-corrected chi connectivity index (χ0v) is 6.33. The van der Waals surface area contributed by atoms with Crippen molar-refractivity contribution in [3.05, 3.63) is 23.4 Å². The molecule has 1 rings (SSSR count). The summed E-state index contributed by atoms with van der Waals surface area (Å²) >= 11 is 4.88. The number of aryl methyl sites for hydroxylation is 2. The summed E-state index contributed by atoms with van der Waals surface area (Å²) in [5.74, 6) is 0. The topological polar surface area (TPSA) is 12.9 Å². The summed E-state index contributed by atoms with van der Waals surface area (Å²) in [5, 5.41) is 0.688. The Labute approximate surface area is 60.5 Å². The van der Waals surface area contributed by atoms with E-state index in [1.807, 2.05) is 26.0 Å². The molecule has 0 aliphatic carbocycles. The lowest BCUT2D eigenvalue weighted by atomic mass is 10.3. The van der Waals surface area contributed by atoms with Crippen molar-refractivity contribution in [3.8, 4) is 0 Å². The van der Waals surface area contributed by atoms with E-state index in [2.05, 4.69) is 4.98 Å². The van der Waals surface area contributed by atoms with Crippen LogP contribution in [-0.4, -0.2) is 4.98 Å². The molecular formula is C7H8NS. The maximum atomic E-state index is 4.88. The molecule has 1 nitrogen and oxygen atoms in total. The Morgan fingerprint density at radius 2 is 2.00 bits per heavy atom. The van der Waals surface area contributed by atoms with E-state index in [4.69, 9.17) is 12.6 Å². The number of hydrogen-bond acceptors (Lipinski definition) is 1. The van der Waals surface area contributed by atoms with Gasteiger partial charge in [-0.2, -0.15) is 0 Å². The summed E-state index contributed by atoms with van der Waals surface area (Å²) < 4.78 is 0. The quantitative estimate of drug-likeness (QED) is 0.536. The maximum Gasteiger partial charge on any atom is 0.126 e. The van der Waals surface area contributed by atoms with E-state index in [-0.39, 0.29) is 0 Å². The van der Waals surface area contributed by atoms with Crippen LogP contribution in [0.1, 0.15) is 11.3 Å². The van der Waals surface area contributed by atoms with Crippen molar-refractivity contribution in [1.82, 2.24) is 4.98 Å². The molecule has 0 unspecified atom stereocenters. The first-order valence-electron chi connectivity index (χ1n) is 2.81. The molecule has 1 aromatic heterocycles. The summed E-state index contributed by atoms with van der Waals surface area (Å²) in [5.41, 5.74) is 2.19. The molecule has 0 aliphatic rings. The van der Waals surface area contributed by atoms with Gasteiger partial charge in [-0.1, -0.05) is 12.6 Å². The molecule has 2 heteroatoms. The highest BCUT2D eigenvalue weighted by atomic mass is 32.1. The van der Waals surface area contributed by atoms with Crippen LogP contribution in [0.3, 0.4) is 0 Å². The van der Waals surface area contributed by atoms with E-state index in [0.29, 0.717) is 5.03 Å². The molecule has 0 spiro atoms. The number of aromatic nitrogens is 1. The molecule has 0 saturated heterocycles. The molecule has 0 amide bonds. The zero-order chi connectivity index (χ0) is 6.85. The van der Waals surface area contributed by atoms with Gasteiger partial charge in [0.05, 0.1) is 0 Å². The minimum Gasteiger partial charge on any atom is -0.242 e. The van der Waals surface area contributed by atoms with E-state index in [0.717, 1.165) is 5.69 Å². The lowest BCUT2D eigenvalue weighted by molar-refractivity contribution is 1.05. The fourth-order valence-electron chi connectivity index (χ4n) is 0.804. The van der Waals surface area contributed by atoms with E-state index in [1.54, 1.807) is 0 Å². The molecule has 0 aliphatic heterocycles. The minimum absolute atomic E-state index is 0.688. The molecule has 1 radical (unpaired) electrons. The Morgan fingerprint density at radius 3 is 2.44 bits per heavy atom. The van der Waals surface area contributed by atoms with Gasteiger partial charge in [0.15, 0.2) is 0 Å². The number of nitrogens with zero attached hydrogens (tertiary/aromatic N) is 1. The van der Waals surface area contributed by atoms with Gasteiger partial charge in [-0.05, 0) is 31.5 Å². The summed E-state index contributed by atoms with van der Waals surface area (Å²) in [6.07, 6.45) is 0. The van der Waals surface area contributed by atoms with Crippen LogP contribution in [0.15, 0.2) is 17.2 Å². The molecule has 9 heavy (non-hydrogen) atoms. The first-order chi connectivity index (χ1) is 4.18. The first-order valence-corrected chi connectivity index (χ1v) is 3.21. The summed E-state index contributed by atoms with van der Waals surface area (Å²) in [7, 11) is 0. The van der Waals surface area contributed by atoms with Crippen molar-refractivity contribution in [2.75, 3.05) is 0 Å². The number of hydrogen-bond donors (Lipinski definition) is 0. The molecular weight excluding hydrogens is 130 g/mol. The Hall–Kier alpha value is -0.630. The van der Waals surface area contributed by atoms with Gasteiger partial charge >= 0.3 is 0 Å². The van der Waals surface area contributed by atoms with E-state index >= 15 is 0 Å². The third-order valence-electron chi connectivity index (χ3n) is 1.07. The third kappa shape index (κ3) is 1.64. The van der Waals surface area contributed by atoms with Crippen LogP contribution in [-0.2, 0) is 0 Å². The van der Waals surface area contributed by atoms with Crippen molar-refractivity contribution < 1.29 is 0 Å². The molecule has 1 aromatic rings. The zero-order valence-electron chi connectivity index (χ0n) is 5.51. The van der Waals surface area contributed by atoms with E-state index < -0.39 is 0 Å². The molecule has 0 saturated carbocycles. The van der Waals surface area contributed by atoms with E-state index in [1.165, 1.54) is 5.56 Å². The van der Waals surface area contributed by atoms with Gasteiger partial charge in [0.25, 0.3) is 0 Å². The summed E-state index contributed by atoms with van der Waals surface area (Å²) in [6.45, 7) is 3.97. The molecule has 0 bridgehead atoms. The van der Waals surface area contributed by atoms with Crippen LogP contribution >= 0.6 is 12.6 Å². The molecule has 0 aromatic carbocycles. The lowest BCUT2D eigenvalue weighted by Gasteiger charge is -1.94. The summed E-state index contributed by atoms with van der Waals surface area (Å²) in [4.78, 5) is 4.05. The Bertz CT molecular complexity index is 170. The van der Waals surface area contributed by atoms with Gasteiger partial charge < -0.3 is 0 Å². The Kier molecular flexibility index (Phi) is 1.67. The van der Waals surface area contributed by atoms with Crippen LogP contribution in [0.4, 0.5) is 0 Å². The predicted molar refractivity (Wildman–Crippen MR) is 39.6 cm³/mol. The Balaban J connectivity index is 3.17. The fourth-order valence-corrected chi connectivity index (χ4v) is 1.13. The highest BCUT2D eigenvalue weighted by Crippen LogP contribution is 2.06. The second-order valence-corrected chi connectivity index (χ2v) is 2.54. The highest BCUT2D eigenvalue weighted by molar-refractivity contribution is 7.80. The average molecular weight is 138 g/mol. The SMILES string of the molecule is Cc1cc(C)nc([S])c1. The number of pyridine rings is 1. The first kappa shape index (κ1) is 6.49. The van der Waals surface area contributed by atoms with Crippen LogP contribution in [0, 0.1) is 13.8 Å². The van der Waals surface area contributed by atoms with E-state index in [9.17, 15) is 0 Å². The molecule has 0 atom stereocenters. The monoisotopic (exact) mass is 138 g/mol. The van der Waals surface area contributed by atoms with Crippen LogP contribution in [0.5, 0.6) is 0 Å². The predicted octanol–water partition coefficient (Wildman–Crippen LogP) is 2.25. The van der Waals surface area contributed by atoms with Crippen molar-refractivity contribution in [3.63, 3.8) is 0 Å². The smallest absolute Gasteiger partial charge is 0.126 e. The second-order valence-electron chi connectivity index (χ2n) is 2.12. The van der Waals surface area contributed by atoms with Gasteiger partial charge in [-0.25, -0.2) is 4.98 Å². The molecule has 0 N–H and O–H groups in total. The van der Waals surface area contributed by atoms with Gasteiger partial charge in [-0.3, -0.25) is 0 Å². The number of rotatable bonds is 0. The molecule has 47 valence electrons. The Morgan fingerprint density at radius 1 is 1.33 bits per heavy atom. The standard InChI is InChI=1S/C7H8NS/c1-5-3-6(2)8-7(9)4-5/h3-4H,1-2H3. The third-order valence-corrected chi connectivity index (χ3v) is 1.28. The maximum absolute atomic E-state index is 4.88. The average Bonchev–Trinajstić information content (AvgIpc) is 1.59. The van der Waals surface area contributed by atoms with Crippen molar-refractivity contribution in [2.24, 2.45) is 0 Å².